The fourth-order valence-corrected chi connectivity index (χ4v) is 4.62. The molecule has 1 aromatic carbocycles. The fraction of sp³-hybridized carbons (Fsp3) is 0.375. The van der Waals surface area contributed by atoms with Crippen LogP contribution in [0.3, 0.4) is 0 Å². The molecule has 1 saturated carbocycles. The number of halogens is 3. The summed E-state index contributed by atoms with van der Waals surface area (Å²) in [7, 11) is 0. The average molecular weight is 455 g/mol. The Labute approximate surface area is 189 Å². The standard InChI is InChI=1S/C24H24F3N5O/c25-19-6-7-21(32-12-10-24(11-13-32)8-1-9-24)30-22(19)29-20-14-17(15-28-31-20)16-2-4-18(5-3-16)33-23(26)27/h2-7,14-15,23H,1,8-13H2,(H,29,30,31). The number of hydrogen-bond donors (Lipinski definition) is 1. The van der Waals surface area contributed by atoms with Crippen molar-refractivity contribution in [2.75, 3.05) is 23.3 Å². The number of nitrogens with zero attached hydrogens (tertiary/aromatic N) is 4. The number of aromatic nitrogens is 3. The molecular formula is C24H24F3N5O. The van der Waals surface area contributed by atoms with E-state index in [2.05, 4.69) is 30.1 Å². The van der Waals surface area contributed by atoms with Crippen molar-refractivity contribution in [3.05, 3.63) is 54.5 Å². The second-order valence-electron chi connectivity index (χ2n) is 8.70. The summed E-state index contributed by atoms with van der Waals surface area (Å²) in [6.07, 6.45) is 7.82. The number of nitrogens with one attached hydrogen (secondary N) is 1. The summed E-state index contributed by atoms with van der Waals surface area (Å²) in [4.78, 5) is 6.72. The number of pyridine rings is 1. The highest BCUT2D eigenvalue weighted by atomic mass is 19.3. The Hall–Kier alpha value is -3.36. The molecule has 172 valence electrons. The molecule has 1 aliphatic heterocycles. The molecule has 0 radical (unpaired) electrons. The van der Waals surface area contributed by atoms with E-state index in [1.807, 2.05) is 0 Å². The summed E-state index contributed by atoms with van der Waals surface area (Å²) in [5, 5.41) is 10.9. The number of hydrogen-bond acceptors (Lipinski definition) is 6. The predicted octanol–water partition coefficient (Wildman–Crippen LogP) is 5.79. The van der Waals surface area contributed by atoms with Crippen LogP contribution in [0.25, 0.3) is 11.1 Å². The number of rotatable bonds is 6. The van der Waals surface area contributed by atoms with Crippen molar-refractivity contribution in [2.24, 2.45) is 5.41 Å². The van der Waals surface area contributed by atoms with Gasteiger partial charge in [0.15, 0.2) is 17.5 Å². The summed E-state index contributed by atoms with van der Waals surface area (Å²) in [6, 6.07) is 11.0. The lowest BCUT2D eigenvalue weighted by atomic mass is 9.63. The van der Waals surface area contributed by atoms with Crippen molar-refractivity contribution in [1.29, 1.82) is 0 Å². The van der Waals surface area contributed by atoms with Gasteiger partial charge in [-0.1, -0.05) is 18.6 Å². The molecule has 2 aliphatic rings. The van der Waals surface area contributed by atoms with Gasteiger partial charge in [-0.25, -0.2) is 9.37 Å². The van der Waals surface area contributed by atoms with Gasteiger partial charge in [-0.2, -0.15) is 13.9 Å². The van der Waals surface area contributed by atoms with E-state index < -0.39 is 12.4 Å². The van der Waals surface area contributed by atoms with E-state index >= 15 is 0 Å². The minimum Gasteiger partial charge on any atom is -0.435 e. The average Bonchev–Trinajstić information content (AvgIpc) is 2.80. The molecule has 1 aliphatic carbocycles. The molecule has 1 saturated heterocycles. The van der Waals surface area contributed by atoms with Crippen LogP contribution in [0.15, 0.2) is 48.7 Å². The van der Waals surface area contributed by atoms with Crippen molar-refractivity contribution >= 4 is 17.5 Å². The Morgan fingerprint density at radius 3 is 2.39 bits per heavy atom. The van der Waals surface area contributed by atoms with Crippen molar-refractivity contribution < 1.29 is 17.9 Å². The highest BCUT2D eigenvalue weighted by Crippen LogP contribution is 2.49. The maximum absolute atomic E-state index is 14.5. The zero-order valence-electron chi connectivity index (χ0n) is 18.0. The van der Waals surface area contributed by atoms with Crippen LogP contribution in [-0.2, 0) is 0 Å². The smallest absolute Gasteiger partial charge is 0.387 e. The SMILES string of the molecule is Fc1ccc(N2CCC3(CCC3)CC2)nc1Nc1cc(-c2ccc(OC(F)F)cc2)cnn1. The number of alkyl halides is 2. The van der Waals surface area contributed by atoms with Gasteiger partial charge >= 0.3 is 6.61 Å². The molecule has 3 aromatic rings. The summed E-state index contributed by atoms with van der Waals surface area (Å²) < 4.78 is 43.6. The number of benzene rings is 1. The van der Waals surface area contributed by atoms with Gasteiger partial charge in [0, 0.05) is 18.7 Å². The molecule has 2 aromatic heterocycles. The van der Waals surface area contributed by atoms with Crippen LogP contribution in [0.1, 0.15) is 32.1 Å². The van der Waals surface area contributed by atoms with Gasteiger partial charge in [-0.15, -0.1) is 5.10 Å². The lowest BCUT2D eigenvalue weighted by molar-refractivity contribution is -0.0498. The molecule has 1 N–H and O–H groups in total. The van der Waals surface area contributed by atoms with Crippen molar-refractivity contribution in [3.63, 3.8) is 0 Å². The summed E-state index contributed by atoms with van der Waals surface area (Å²) >= 11 is 0. The van der Waals surface area contributed by atoms with Crippen molar-refractivity contribution in [1.82, 2.24) is 15.2 Å². The van der Waals surface area contributed by atoms with Gasteiger partial charge in [-0.3, -0.25) is 0 Å². The molecule has 5 rings (SSSR count). The first kappa shape index (κ1) is 21.5. The van der Waals surface area contributed by atoms with E-state index in [1.54, 1.807) is 30.5 Å². The minimum atomic E-state index is -2.88. The second-order valence-corrected chi connectivity index (χ2v) is 8.70. The first-order valence-corrected chi connectivity index (χ1v) is 11.1. The van der Waals surface area contributed by atoms with E-state index in [1.165, 1.54) is 37.5 Å². The molecule has 3 heterocycles. The fourth-order valence-electron chi connectivity index (χ4n) is 4.62. The zero-order chi connectivity index (χ0) is 22.8. The molecule has 0 amide bonds. The van der Waals surface area contributed by atoms with E-state index in [0.717, 1.165) is 37.3 Å². The van der Waals surface area contributed by atoms with Gasteiger partial charge in [0.05, 0.1) is 6.20 Å². The molecule has 9 heteroatoms. The third-order valence-electron chi connectivity index (χ3n) is 6.71. The topological polar surface area (TPSA) is 63.2 Å². The first-order valence-electron chi connectivity index (χ1n) is 11.1. The van der Waals surface area contributed by atoms with Gasteiger partial charge in [0.2, 0.25) is 0 Å². The molecule has 33 heavy (non-hydrogen) atoms. The van der Waals surface area contributed by atoms with Crippen LogP contribution in [-0.4, -0.2) is 34.9 Å². The van der Waals surface area contributed by atoms with Gasteiger partial charge in [0.1, 0.15) is 11.6 Å². The zero-order valence-corrected chi connectivity index (χ0v) is 18.0. The number of ether oxygens (including phenoxy) is 1. The van der Waals surface area contributed by atoms with Crippen LogP contribution in [0.4, 0.5) is 30.6 Å². The Bertz CT molecular complexity index is 1110. The Morgan fingerprint density at radius 2 is 1.73 bits per heavy atom. The molecule has 0 atom stereocenters. The molecule has 0 unspecified atom stereocenters. The molecule has 0 bridgehead atoms. The van der Waals surface area contributed by atoms with Crippen LogP contribution >= 0.6 is 0 Å². The van der Waals surface area contributed by atoms with Crippen LogP contribution in [0.2, 0.25) is 0 Å². The minimum absolute atomic E-state index is 0.0677. The van der Waals surface area contributed by atoms with Gasteiger partial charge in [0.25, 0.3) is 0 Å². The van der Waals surface area contributed by atoms with Crippen LogP contribution in [0.5, 0.6) is 5.75 Å². The second kappa shape index (κ2) is 8.88. The van der Waals surface area contributed by atoms with E-state index in [4.69, 9.17) is 0 Å². The normalized spacial score (nSPS) is 17.2. The third kappa shape index (κ3) is 4.72. The monoisotopic (exact) mass is 455 g/mol. The lowest BCUT2D eigenvalue weighted by Crippen LogP contribution is -2.43. The van der Waals surface area contributed by atoms with Gasteiger partial charge < -0.3 is 15.0 Å². The Balaban J connectivity index is 1.30. The maximum atomic E-state index is 14.5. The van der Waals surface area contributed by atoms with E-state index in [0.29, 0.717) is 16.8 Å². The van der Waals surface area contributed by atoms with Crippen molar-refractivity contribution in [3.8, 4) is 16.9 Å². The van der Waals surface area contributed by atoms with Gasteiger partial charge in [-0.05, 0) is 67.0 Å². The van der Waals surface area contributed by atoms with E-state index in [9.17, 15) is 13.2 Å². The molecule has 1 spiro atoms. The molecular weight excluding hydrogens is 431 g/mol. The third-order valence-corrected chi connectivity index (χ3v) is 6.71. The summed E-state index contributed by atoms with van der Waals surface area (Å²) in [5.41, 5.74) is 1.95. The summed E-state index contributed by atoms with van der Waals surface area (Å²) in [5.74, 6) is 0.747. The Morgan fingerprint density at radius 1 is 0.970 bits per heavy atom. The predicted molar refractivity (Wildman–Crippen MR) is 119 cm³/mol. The molecule has 6 nitrogen and oxygen atoms in total. The number of anilines is 3. The van der Waals surface area contributed by atoms with Crippen LogP contribution < -0.4 is 15.0 Å². The largest absolute Gasteiger partial charge is 0.435 e. The Kier molecular flexibility index (Phi) is 5.78. The highest BCUT2D eigenvalue weighted by Gasteiger charge is 2.39. The quantitative estimate of drug-likeness (QED) is 0.507. The number of piperidine rings is 1. The van der Waals surface area contributed by atoms with Crippen molar-refractivity contribution in [2.45, 2.75) is 38.7 Å². The van der Waals surface area contributed by atoms with E-state index in [-0.39, 0.29) is 11.6 Å². The first-order chi connectivity index (χ1) is 16.0. The molecule has 2 fully saturated rings. The van der Waals surface area contributed by atoms with Crippen LogP contribution in [0, 0.1) is 11.2 Å². The highest BCUT2D eigenvalue weighted by molar-refractivity contribution is 5.68. The summed E-state index contributed by atoms with van der Waals surface area (Å²) in [6.45, 7) is -1.02. The maximum Gasteiger partial charge on any atom is 0.387 e. The lowest BCUT2D eigenvalue weighted by Gasteiger charge is -2.48.